The second kappa shape index (κ2) is 3.26. The summed E-state index contributed by atoms with van der Waals surface area (Å²) < 4.78 is 10.5. The van der Waals surface area contributed by atoms with Crippen LogP contribution in [0, 0.1) is 12.5 Å². The molecule has 2 radical (unpaired) electrons. The van der Waals surface area contributed by atoms with Crippen molar-refractivity contribution in [3.63, 3.8) is 0 Å². The molecule has 2 atom stereocenters. The van der Waals surface area contributed by atoms with Crippen molar-refractivity contribution in [3.8, 4) is 0 Å². The lowest BCUT2D eigenvalue weighted by atomic mass is 9.94. The summed E-state index contributed by atoms with van der Waals surface area (Å²) in [6.07, 6.45) is 7.45. The summed E-state index contributed by atoms with van der Waals surface area (Å²) in [7, 11) is 0. The molecule has 0 amide bonds. The Morgan fingerprint density at radius 1 is 1.45 bits per heavy atom. The van der Waals surface area contributed by atoms with E-state index in [1.165, 1.54) is 0 Å². The summed E-state index contributed by atoms with van der Waals surface area (Å²) in [4.78, 5) is 0. The largest absolute Gasteiger partial charge is 0.498 e. The predicted octanol–water partition coefficient (Wildman–Crippen LogP) is 1.75. The Morgan fingerprint density at radius 2 is 2.45 bits per heavy atom. The normalized spacial score (nSPS) is 37.1. The van der Waals surface area contributed by atoms with Crippen LogP contribution in [0.3, 0.4) is 0 Å². The highest BCUT2D eigenvalue weighted by molar-refractivity contribution is 4.92. The zero-order valence-electron chi connectivity index (χ0n) is 6.45. The molecule has 2 aliphatic rings. The molecule has 1 saturated heterocycles. The fourth-order valence-corrected chi connectivity index (χ4v) is 1.52. The van der Waals surface area contributed by atoms with E-state index in [1.54, 1.807) is 6.26 Å². The van der Waals surface area contributed by atoms with Gasteiger partial charge in [0, 0.05) is 18.9 Å². The van der Waals surface area contributed by atoms with Gasteiger partial charge in [-0.2, -0.15) is 0 Å². The Morgan fingerprint density at radius 3 is 3.09 bits per heavy atom. The molecule has 2 unspecified atom stereocenters. The molecule has 0 saturated carbocycles. The third-order valence-electron chi connectivity index (χ3n) is 2.16. The maximum atomic E-state index is 5.37. The topological polar surface area (TPSA) is 18.5 Å². The van der Waals surface area contributed by atoms with E-state index in [0.717, 1.165) is 25.9 Å². The van der Waals surface area contributed by atoms with E-state index in [2.05, 4.69) is 12.7 Å². The van der Waals surface area contributed by atoms with Crippen molar-refractivity contribution in [3.05, 3.63) is 18.9 Å². The first kappa shape index (κ1) is 7.17. The van der Waals surface area contributed by atoms with Gasteiger partial charge in [0.2, 0.25) is 0 Å². The van der Waals surface area contributed by atoms with Crippen molar-refractivity contribution >= 4 is 0 Å². The standard InChI is InChI=1S/C9H12O2/c1-3-8(7-10-5-1)9-4-2-6-11-9/h2,6,8-9H,1,3-5H2. The molecular formula is C9H12O2. The Bertz CT molecular complexity index is 140. The molecule has 2 heterocycles. The van der Waals surface area contributed by atoms with Gasteiger partial charge in [-0.1, -0.05) is 0 Å². The van der Waals surface area contributed by atoms with Crippen molar-refractivity contribution in [1.82, 2.24) is 0 Å². The smallest absolute Gasteiger partial charge is 0.139 e. The van der Waals surface area contributed by atoms with Crippen LogP contribution in [-0.2, 0) is 9.47 Å². The van der Waals surface area contributed by atoms with Crippen LogP contribution >= 0.6 is 0 Å². The first-order chi connectivity index (χ1) is 5.47. The second-order valence-corrected chi connectivity index (χ2v) is 3.00. The first-order valence-electron chi connectivity index (χ1n) is 4.14. The van der Waals surface area contributed by atoms with Crippen LogP contribution in [0.1, 0.15) is 19.3 Å². The van der Waals surface area contributed by atoms with Gasteiger partial charge in [0.1, 0.15) is 12.7 Å². The molecule has 0 bridgehead atoms. The average Bonchev–Trinajstić information content (AvgIpc) is 2.58. The van der Waals surface area contributed by atoms with Crippen LogP contribution in [-0.4, -0.2) is 12.7 Å². The van der Waals surface area contributed by atoms with Crippen LogP contribution in [0.4, 0.5) is 0 Å². The van der Waals surface area contributed by atoms with Crippen LogP contribution in [0.15, 0.2) is 12.3 Å². The van der Waals surface area contributed by atoms with Gasteiger partial charge >= 0.3 is 0 Å². The van der Waals surface area contributed by atoms with Gasteiger partial charge in [-0.05, 0) is 18.9 Å². The fraction of sp³-hybridized carbons (Fsp3) is 0.667. The van der Waals surface area contributed by atoms with Gasteiger partial charge in [0.25, 0.3) is 0 Å². The summed E-state index contributed by atoms with van der Waals surface area (Å²) >= 11 is 0. The van der Waals surface area contributed by atoms with Gasteiger partial charge in [-0.15, -0.1) is 0 Å². The fourth-order valence-electron chi connectivity index (χ4n) is 1.52. The lowest BCUT2D eigenvalue weighted by Gasteiger charge is -2.25. The molecule has 2 aliphatic heterocycles. The van der Waals surface area contributed by atoms with Crippen LogP contribution in [0.5, 0.6) is 0 Å². The van der Waals surface area contributed by atoms with Crippen molar-refractivity contribution in [2.75, 3.05) is 6.61 Å². The number of hydrogen-bond donors (Lipinski definition) is 0. The van der Waals surface area contributed by atoms with E-state index in [4.69, 9.17) is 9.47 Å². The van der Waals surface area contributed by atoms with Gasteiger partial charge in [-0.25, -0.2) is 0 Å². The highest BCUT2D eigenvalue weighted by Gasteiger charge is 2.27. The summed E-state index contributed by atoms with van der Waals surface area (Å²) in [6.45, 7) is 3.83. The maximum absolute atomic E-state index is 5.37. The average molecular weight is 152 g/mol. The van der Waals surface area contributed by atoms with Crippen molar-refractivity contribution in [1.29, 1.82) is 0 Å². The molecule has 2 heteroatoms. The molecule has 0 aromatic heterocycles. The van der Waals surface area contributed by atoms with Crippen molar-refractivity contribution in [2.24, 2.45) is 5.92 Å². The molecule has 0 spiro atoms. The molecule has 0 aromatic carbocycles. The number of rotatable bonds is 1. The molecule has 0 aromatic rings. The zero-order valence-corrected chi connectivity index (χ0v) is 6.45. The van der Waals surface area contributed by atoms with Crippen molar-refractivity contribution < 1.29 is 9.47 Å². The van der Waals surface area contributed by atoms with Crippen molar-refractivity contribution in [2.45, 2.75) is 25.4 Å². The third-order valence-corrected chi connectivity index (χ3v) is 2.16. The van der Waals surface area contributed by atoms with Crippen LogP contribution in [0.25, 0.3) is 0 Å². The number of hydrogen-bond acceptors (Lipinski definition) is 2. The van der Waals surface area contributed by atoms with E-state index in [-0.39, 0.29) is 0 Å². The lowest BCUT2D eigenvalue weighted by Crippen LogP contribution is -2.24. The SMILES string of the molecule is [C]1OCCCC1C1CC=CO1. The lowest BCUT2D eigenvalue weighted by molar-refractivity contribution is 0.0369. The minimum Gasteiger partial charge on any atom is -0.498 e. The maximum Gasteiger partial charge on any atom is 0.139 e. The van der Waals surface area contributed by atoms with E-state index in [9.17, 15) is 0 Å². The van der Waals surface area contributed by atoms with E-state index in [0.29, 0.717) is 12.0 Å². The quantitative estimate of drug-likeness (QED) is 0.570. The highest BCUT2D eigenvalue weighted by atomic mass is 16.5. The zero-order chi connectivity index (χ0) is 7.52. The monoisotopic (exact) mass is 152 g/mol. The van der Waals surface area contributed by atoms with E-state index < -0.39 is 0 Å². The molecule has 2 rings (SSSR count). The Balaban J connectivity index is 1.83. The molecule has 1 fully saturated rings. The summed E-state index contributed by atoms with van der Waals surface area (Å²) in [5, 5.41) is 0. The summed E-state index contributed by atoms with van der Waals surface area (Å²) in [5.74, 6) is 0.388. The highest BCUT2D eigenvalue weighted by Crippen LogP contribution is 2.27. The Hall–Kier alpha value is -0.500. The third kappa shape index (κ3) is 1.56. The minimum absolute atomic E-state index is 0.301. The van der Waals surface area contributed by atoms with Crippen LogP contribution in [0.2, 0.25) is 0 Å². The Kier molecular flexibility index (Phi) is 2.13. The number of ether oxygens (including phenoxy) is 2. The second-order valence-electron chi connectivity index (χ2n) is 3.00. The van der Waals surface area contributed by atoms with Gasteiger partial charge in [0.15, 0.2) is 0 Å². The summed E-state index contributed by atoms with van der Waals surface area (Å²) in [6, 6.07) is 0. The summed E-state index contributed by atoms with van der Waals surface area (Å²) in [5.41, 5.74) is 0. The van der Waals surface area contributed by atoms with Crippen LogP contribution < -0.4 is 0 Å². The molecular weight excluding hydrogens is 140 g/mol. The van der Waals surface area contributed by atoms with E-state index in [1.807, 2.05) is 0 Å². The molecule has 0 aliphatic carbocycles. The molecule has 0 N–H and O–H groups in total. The molecule has 60 valence electrons. The predicted molar refractivity (Wildman–Crippen MR) is 40.5 cm³/mol. The van der Waals surface area contributed by atoms with E-state index >= 15 is 0 Å². The first-order valence-corrected chi connectivity index (χ1v) is 4.14. The van der Waals surface area contributed by atoms with Gasteiger partial charge in [0.05, 0.1) is 6.26 Å². The molecule has 11 heavy (non-hydrogen) atoms. The van der Waals surface area contributed by atoms with Gasteiger partial charge < -0.3 is 9.47 Å². The van der Waals surface area contributed by atoms with Gasteiger partial charge in [-0.3, -0.25) is 0 Å². The molecule has 2 nitrogen and oxygen atoms in total. The minimum atomic E-state index is 0.301. The Labute approximate surface area is 67.2 Å².